The minimum atomic E-state index is 0.201. The molecule has 1 saturated heterocycles. The summed E-state index contributed by atoms with van der Waals surface area (Å²) in [5.41, 5.74) is 4.86. The van der Waals surface area contributed by atoms with Crippen LogP contribution in [0.2, 0.25) is 0 Å². The first-order valence-corrected chi connectivity index (χ1v) is 11.1. The van der Waals surface area contributed by atoms with Crippen LogP contribution in [0.25, 0.3) is 0 Å². The molecule has 0 radical (unpaired) electrons. The van der Waals surface area contributed by atoms with Gasteiger partial charge < -0.3 is 9.47 Å². The molecule has 0 bridgehead atoms. The Morgan fingerprint density at radius 1 is 1.00 bits per heavy atom. The number of amides is 1. The molecule has 0 aliphatic carbocycles. The predicted octanol–water partition coefficient (Wildman–Crippen LogP) is 3.14. The fourth-order valence-electron chi connectivity index (χ4n) is 4.66. The molecule has 0 atom stereocenters. The zero-order chi connectivity index (χ0) is 20.2. The van der Waals surface area contributed by atoms with Crippen molar-refractivity contribution in [2.45, 2.75) is 39.3 Å². The van der Waals surface area contributed by atoms with Gasteiger partial charge in [0.1, 0.15) is 5.69 Å². The van der Waals surface area contributed by atoms with Gasteiger partial charge >= 0.3 is 0 Å². The highest BCUT2D eigenvalue weighted by Gasteiger charge is 2.27. The van der Waals surface area contributed by atoms with E-state index in [0.29, 0.717) is 0 Å². The number of unbranched alkanes of at least 4 members (excludes halogenated alkanes) is 1. The van der Waals surface area contributed by atoms with Crippen LogP contribution in [0, 0.1) is 0 Å². The lowest BCUT2D eigenvalue weighted by Crippen LogP contribution is -2.49. The van der Waals surface area contributed by atoms with E-state index in [0.717, 1.165) is 64.5 Å². The van der Waals surface area contributed by atoms with Crippen LogP contribution >= 0.6 is 0 Å². The third-order valence-corrected chi connectivity index (χ3v) is 6.46. The molecule has 29 heavy (non-hydrogen) atoms. The highest BCUT2D eigenvalue weighted by atomic mass is 16.2. The summed E-state index contributed by atoms with van der Waals surface area (Å²) < 4.78 is 2.15. The van der Waals surface area contributed by atoms with E-state index in [4.69, 9.17) is 0 Å². The molecule has 0 N–H and O–H groups in total. The van der Waals surface area contributed by atoms with E-state index < -0.39 is 0 Å². The van der Waals surface area contributed by atoms with Gasteiger partial charge in [-0.25, -0.2) is 0 Å². The lowest BCUT2D eigenvalue weighted by Gasteiger charge is -2.34. The Hall–Kier alpha value is -2.11. The van der Waals surface area contributed by atoms with Crippen LogP contribution in [-0.2, 0) is 26.6 Å². The number of fused-ring (bicyclic) bond motifs is 1. The van der Waals surface area contributed by atoms with E-state index in [1.54, 1.807) is 0 Å². The Labute approximate surface area is 174 Å². The Morgan fingerprint density at radius 2 is 1.76 bits per heavy atom. The van der Waals surface area contributed by atoms with Gasteiger partial charge in [-0.3, -0.25) is 14.6 Å². The van der Waals surface area contributed by atoms with Crippen LogP contribution in [0.5, 0.6) is 0 Å². The van der Waals surface area contributed by atoms with Crippen molar-refractivity contribution in [1.82, 2.24) is 19.3 Å². The Bertz CT molecular complexity index is 821. The van der Waals surface area contributed by atoms with Crippen LogP contribution < -0.4 is 0 Å². The SMILES string of the molecule is CCCCN1CCN(C(=O)c2cc3c(n2C)CCN(Cc2ccccc2)C3)CC1. The molecule has 0 unspecified atom stereocenters. The molecule has 5 heteroatoms. The van der Waals surface area contributed by atoms with Gasteiger partial charge in [-0.2, -0.15) is 0 Å². The van der Waals surface area contributed by atoms with Gasteiger partial charge in [0.05, 0.1) is 0 Å². The average Bonchev–Trinajstić information content (AvgIpc) is 3.08. The summed E-state index contributed by atoms with van der Waals surface area (Å²) in [5.74, 6) is 0.201. The van der Waals surface area contributed by atoms with Crippen molar-refractivity contribution in [3.8, 4) is 0 Å². The minimum absolute atomic E-state index is 0.201. The molecular formula is C24H34N4O. The molecule has 1 amide bonds. The number of hydrogen-bond donors (Lipinski definition) is 0. The van der Waals surface area contributed by atoms with Gasteiger partial charge in [0.2, 0.25) is 0 Å². The van der Waals surface area contributed by atoms with Crippen molar-refractivity contribution in [3.05, 3.63) is 58.9 Å². The van der Waals surface area contributed by atoms with E-state index in [1.807, 2.05) is 4.90 Å². The smallest absolute Gasteiger partial charge is 0.270 e. The maximum absolute atomic E-state index is 13.2. The number of hydrogen-bond acceptors (Lipinski definition) is 3. The van der Waals surface area contributed by atoms with Crippen molar-refractivity contribution in [2.75, 3.05) is 39.3 Å². The van der Waals surface area contributed by atoms with Crippen molar-refractivity contribution < 1.29 is 4.79 Å². The molecule has 1 fully saturated rings. The maximum Gasteiger partial charge on any atom is 0.270 e. The first-order valence-electron chi connectivity index (χ1n) is 11.1. The number of benzene rings is 1. The highest BCUT2D eigenvalue weighted by molar-refractivity contribution is 5.93. The first-order chi connectivity index (χ1) is 14.2. The summed E-state index contributed by atoms with van der Waals surface area (Å²) in [6, 6.07) is 12.8. The Balaban J connectivity index is 1.40. The molecule has 0 spiro atoms. The summed E-state index contributed by atoms with van der Waals surface area (Å²) >= 11 is 0. The number of piperazine rings is 1. The molecule has 2 aliphatic heterocycles. The number of carbonyl (C=O) groups is 1. The molecule has 4 rings (SSSR count). The lowest BCUT2D eigenvalue weighted by molar-refractivity contribution is 0.0626. The van der Waals surface area contributed by atoms with Gasteiger partial charge in [0, 0.05) is 65.0 Å². The maximum atomic E-state index is 13.2. The summed E-state index contributed by atoms with van der Waals surface area (Å²) in [5, 5.41) is 0. The summed E-state index contributed by atoms with van der Waals surface area (Å²) in [6.45, 7) is 10.0. The zero-order valence-electron chi connectivity index (χ0n) is 17.9. The largest absolute Gasteiger partial charge is 0.343 e. The van der Waals surface area contributed by atoms with E-state index in [2.05, 4.69) is 64.7 Å². The third kappa shape index (κ3) is 4.57. The van der Waals surface area contributed by atoms with Crippen LogP contribution in [-0.4, -0.2) is 64.4 Å². The van der Waals surface area contributed by atoms with Crippen LogP contribution in [0.1, 0.15) is 47.1 Å². The number of carbonyl (C=O) groups excluding carboxylic acids is 1. The van der Waals surface area contributed by atoms with E-state index in [-0.39, 0.29) is 5.91 Å². The van der Waals surface area contributed by atoms with Crippen LogP contribution in [0.3, 0.4) is 0 Å². The fraction of sp³-hybridized carbons (Fsp3) is 0.542. The van der Waals surface area contributed by atoms with Crippen LogP contribution in [0.15, 0.2) is 36.4 Å². The Kier molecular flexibility index (Phi) is 6.36. The molecule has 2 aliphatic rings. The Morgan fingerprint density at radius 3 is 2.48 bits per heavy atom. The molecule has 1 aromatic heterocycles. The van der Waals surface area contributed by atoms with Crippen LogP contribution in [0.4, 0.5) is 0 Å². The van der Waals surface area contributed by atoms with Crippen molar-refractivity contribution in [1.29, 1.82) is 0 Å². The lowest BCUT2D eigenvalue weighted by atomic mass is 10.1. The monoisotopic (exact) mass is 394 g/mol. The normalized spacial score (nSPS) is 18.1. The van der Waals surface area contributed by atoms with Gasteiger partial charge in [-0.15, -0.1) is 0 Å². The standard InChI is InChI=1S/C24H34N4O/c1-3-4-11-26-13-15-28(16-14-26)24(29)23-17-21-19-27(12-10-22(21)25(23)2)18-20-8-6-5-7-9-20/h5-9,17H,3-4,10-16,18-19H2,1-2H3. The molecule has 156 valence electrons. The van der Waals surface area contributed by atoms with E-state index in [9.17, 15) is 4.79 Å². The quantitative estimate of drug-likeness (QED) is 0.754. The molecule has 3 heterocycles. The van der Waals surface area contributed by atoms with E-state index >= 15 is 0 Å². The van der Waals surface area contributed by atoms with E-state index in [1.165, 1.54) is 29.7 Å². The second-order valence-electron chi connectivity index (χ2n) is 8.49. The first kappa shape index (κ1) is 20.2. The van der Waals surface area contributed by atoms with Crippen molar-refractivity contribution >= 4 is 5.91 Å². The van der Waals surface area contributed by atoms with Crippen molar-refractivity contribution in [3.63, 3.8) is 0 Å². The third-order valence-electron chi connectivity index (χ3n) is 6.46. The van der Waals surface area contributed by atoms with Gasteiger partial charge in [-0.1, -0.05) is 43.7 Å². The number of rotatable bonds is 6. The topological polar surface area (TPSA) is 31.7 Å². The summed E-state index contributed by atoms with van der Waals surface area (Å²) in [6.07, 6.45) is 3.49. The molecule has 5 nitrogen and oxygen atoms in total. The van der Waals surface area contributed by atoms with Crippen molar-refractivity contribution in [2.24, 2.45) is 7.05 Å². The average molecular weight is 395 g/mol. The minimum Gasteiger partial charge on any atom is -0.343 e. The molecule has 1 aromatic carbocycles. The number of nitrogens with zero attached hydrogens (tertiary/aromatic N) is 4. The fourth-order valence-corrected chi connectivity index (χ4v) is 4.66. The second kappa shape index (κ2) is 9.14. The zero-order valence-corrected chi connectivity index (χ0v) is 17.9. The molecule has 2 aromatic rings. The second-order valence-corrected chi connectivity index (χ2v) is 8.49. The summed E-state index contributed by atoms with van der Waals surface area (Å²) in [4.78, 5) is 20.2. The predicted molar refractivity (Wildman–Crippen MR) is 117 cm³/mol. The van der Waals surface area contributed by atoms with Gasteiger partial charge in [-0.05, 0) is 30.2 Å². The van der Waals surface area contributed by atoms with Gasteiger partial charge in [0.15, 0.2) is 0 Å². The summed E-state index contributed by atoms with van der Waals surface area (Å²) in [7, 11) is 2.07. The number of aromatic nitrogens is 1. The molecule has 0 saturated carbocycles. The molecular weight excluding hydrogens is 360 g/mol. The van der Waals surface area contributed by atoms with Gasteiger partial charge in [0.25, 0.3) is 5.91 Å². The highest BCUT2D eigenvalue weighted by Crippen LogP contribution is 2.25.